The van der Waals surface area contributed by atoms with E-state index in [4.69, 9.17) is 9.84 Å². The van der Waals surface area contributed by atoms with Crippen LogP contribution >= 0.6 is 0 Å². The van der Waals surface area contributed by atoms with Crippen LogP contribution in [0.25, 0.3) is 10.9 Å². The first kappa shape index (κ1) is 37.6. The van der Waals surface area contributed by atoms with Gasteiger partial charge in [-0.2, -0.15) is 0 Å². The van der Waals surface area contributed by atoms with Gasteiger partial charge in [-0.1, -0.05) is 60.7 Å². The standard InChI is InChI=1S/C32H35N5O11S/c1-49(46,47)14-13-23(16-28(39)40)35-27(38)18-33-30(43)25(15-22-12-11-21-9-5-6-10-24(21)34-22)36-31(44)26(17-29(41)42)37-32(45)48-19-20-7-3-2-4-8-20/h2-14,23,25-26H,15-19H2,1H3,(H,33,43)(H,35,38)(H,36,44)(H,37,45)(H,39,40)(H,41,42)/b14-13+/t23?,25?,26-/m0/s1. The molecule has 0 aliphatic carbocycles. The van der Waals surface area contributed by atoms with Gasteiger partial charge in [0.15, 0.2) is 9.84 Å². The van der Waals surface area contributed by atoms with Crippen LogP contribution in [0.3, 0.4) is 0 Å². The Bertz CT molecular complexity index is 1820. The molecular formula is C32H35N5O11S. The Morgan fingerprint density at radius 1 is 0.816 bits per heavy atom. The number of pyridine rings is 1. The highest BCUT2D eigenvalue weighted by molar-refractivity contribution is 7.93. The van der Waals surface area contributed by atoms with Crippen molar-refractivity contribution in [1.82, 2.24) is 26.3 Å². The number of rotatable bonds is 17. The van der Waals surface area contributed by atoms with Crippen LogP contribution in [-0.2, 0) is 51.6 Å². The third-order valence-electron chi connectivity index (χ3n) is 6.62. The fourth-order valence-corrected chi connectivity index (χ4v) is 4.82. The van der Waals surface area contributed by atoms with Gasteiger partial charge in [0.2, 0.25) is 17.7 Å². The molecule has 3 atom stereocenters. The zero-order valence-electron chi connectivity index (χ0n) is 26.2. The van der Waals surface area contributed by atoms with E-state index in [1.807, 2.05) is 12.1 Å². The van der Waals surface area contributed by atoms with Gasteiger partial charge >= 0.3 is 18.0 Å². The molecule has 1 heterocycles. The molecule has 0 fully saturated rings. The van der Waals surface area contributed by atoms with Crippen molar-refractivity contribution in [2.75, 3.05) is 12.8 Å². The molecule has 49 heavy (non-hydrogen) atoms. The number of ether oxygens (including phenoxy) is 1. The second-order valence-corrected chi connectivity index (χ2v) is 12.7. The van der Waals surface area contributed by atoms with Crippen molar-refractivity contribution in [3.8, 4) is 0 Å². The molecule has 3 rings (SSSR count). The number of carbonyl (C=O) groups is 6. The Kier molecular flexibility index (Phi) is 13.7. The van der Waals surface area contributed by atoms with Gasteiger partial charge in [-0.25, -0.2) is 13.2 Å². The highest BCUT2D eigenvalue weighted by atomic mass is 32.2. The highest BCUT2D eigenvalue weighted by Gasteiger charge is 2.30. The number of benzene rings is 2. The molecular weight excluding hydrogens is 662 g/mol. The Morgan fingerprint density at radius 2 is 1.49 bits per heavy atom. The second-order valence-electron chi connectivity index (χ2n) is 10.8. The van der Waals surface area contributed by atoms with E-state index < -0.39 is 83.1 Å². The molecule has 16 nitrogen and oxygen atoms in total. The number of alkyl carbamates (subject to hydrolysis) is 1. The van der Waals surface area contributed by atoms with Crippen molar-refractivity contribution >= 4 is 56.5 Å². The lowest BCUT2D eigenvalue weighted by Gasteiger charge is -2.22. The van der Waals surface area contributed by atoms with Crippen LogP contribution in [0.5, 0.6) is 0 Å². The topological polar surface area (TPSA) is 247 Å². The number of hydrogen-bond donors (Lipinski definition) is 6. The quantitative estimate of drug-likeness (QED) is 0.114. The summed E-state index contributed by atoms with van der Waals surface area (Å²) in [7, 11) is -3.63. The molecule has 0 bridgehead atoms. The normalized spacial score (nSPS) is 13.1. The maximum absolute atomic E-state index is 13.3. The van der Waals surface area contributed by atoms with E-state index in [1.165, 1.54) is 0 Å². The van der Waals surface area contributed by atoms with Crippen LogP contribution in [0.4, 0.5) is 4.79 Å². The van der Waals surface area contributed by atoms with E-state index >= 15 is 0 Å². The minimum absolute atomic E-state index is 0.161. The number of amides is 4. The molecule has 6 N–H and O–H groups in total. The average molecular weight is 698 g/mol. The summed E-state index contributed by atoms with van der Waals surface area (Å²) >= 11 is 0. The number of nitrogens with one attached hydrogen (secondary N) is 4. The summed E-state index contributed by atoms with van der Waals surface area (Å²) in [6.45, 7) is -0.867. The molecule has 0 aliphatic rings. The Hall–Kier alpha value is -5.84. The van der Waals surface area contributed by atoms with Crippen molar-refractivity contribution in [3.05, 3.63) is 89.5 Å². The van der Waals surface area contributed by atoms with Gasteiger partial charge in [0.25, 0.3) is 0 Å². The summed E-state index contributed by atoms with van der Waals surface area (Å²) in [4.78, 5) is 79.0. The maximum Gasteiger partial charge on any atom is 0.408 e. The Labute approximate surface area is 280 Å². The highest BCUT2D eigenvalue weighted by Crippen LogP contribution is 2.13. The van der Waals surface area contributed by atoms with Gasteiger partial charge in [0.05, 0.1) is 30.9 Å². The molecule has 0 saturated carbocycles. The molecule has 260 valence electrons. The van der Waals surface area contributed by atoms with Gasteiger partial charge in [0, 0.05) is 29.2 Å². The lowest BCUT2D eigenvalue weighted by Crippen LogP contribution is -2.56. The van der Waals surface area contributed by atoms with Crippen molar-refractivity contribution in [2.45, 2.75) is 44.0 Å². The predicted molar refractivity (Wildman–Crippen MR) is 174 cm³/mol. The summed E-state index contributed by atoms with van der Waals surface area (Å²) in [6, 6.07) is 14.7. The lowest BCUT2D eigenvalue weighted by atomic mass is 10.1. The molecule has 0 aliphatic heterocycles. The number of para-hydroxylation sites is 1. The van der Waals surface area contributed by atoms with Gasteiger partial charge in [-0.05, 0) is 17.7 Å². The van der Waals surface area contributed by atoms with Crippen LogP contribution in [-0.4, -0.2) is 90.3 Å². The second kappa shape index (κ2) is 17.9. The molecule has 2 aromatic carbocycles. The minimum Gasteiger partial charge on any atom is -0.481 e. The SMILES string of the molecule is CS(=O)(=O)/C=C/C(CC(=O)O)NC(=O)CNC(=O)C(Cc1ccc2ccccc2n1)NC(=O)[C@H](CC(=O)O)NC(=O)OCc1ccccc1. The number of nitrogens with zero attached hydrogens (tertiary/aromatic N) is 1. The molecule has 2 unspecified atom stereocenters. The zero-order chi connectivity index (χ0) is 36.0. The summed E-state index contributed by atoms with van der Waals surface area (Å²) in [5.41, 5.74) is 1.57. The van der Waals surface area contributed by atoms with E-state index in [0.29, 0.717) is 16.8 Å². The first-order chi connectivity index (χ1) is 23.2. The molecule has 0 radical (unpaired) electrons. The van der Waals surface area contributed by atoms with E-state index in [0.717, 1.165) is 23.1 Å². The summed E-state index contributed by atoms with van der Waals surface area (Å²) in [5.74, 6) is -5.58. The Balaban J connectivity index is 1.76. The number of carboxylic acids is 2. The van der Waals surface area contributed by atoms with Gasteiger partial charge in [-0.3, -0.25) is 29.0 Å². The maximum atomic E-state index is 13.3. The fourth-order valence-electron chi connectivity index (χ4n) is 4.34. The summed E-state index contributed by atoms with van der Waals surface area (Å²) in [5, 5.41) is 29.3. The van der Waals surface area contributed by atoms with E-state index in [2.05, 4.69) is 26.3 Å². The molecule has 4 amide bonds. The van der Waals surface area contributed by atoms with Crippen molar-refractivity contribution in [2.24, 2.45) is 0 Å². The number of aliphatic carboxylic acids is 2. The van der Waals surface area contributed by atoms with E-state index in [9.17, 15) is 42.3 Å². The summed E-state index contributed by atoms with van der Waals surface area (Å²) in [6.07, 6.45) is -0.946. The smallest absolute Gasteiger partial charge is 0.408 e. The zero-order valence-corrected chi connectivity index (χ0v) is 27.0. The monoisotopic (exact) mass is 697 g/mol. The van der Waals surface area contributed by atoms with Crippen molar-refractivity contribution in [1.29, 1.82) is 0 Å². The number of carbonyl (C=O) groups excluding carboxylic acids is 4. The van der Waals surface area contributed by atoms with Crippen molar-refractivity contribution < 1.29 is 52.1 Å². The fraction of sp³-hybridized carbons (Fsp3) is 0.281. The van der Waals surface area contributed by atoms with Crippen LogP contribution in [0, 0.1) is 0 Å². The molecule has 1 aromatic heterocycles. The average Bonchev–Trinajstić information content (AvgIpc) is 3.04. The number of aromatic nitrogens is 1. The van der Waals surface area contributed by atoms with Gasteiger partial charge in [-0.15, -0.1) is 0 Å². The molecule has 3 aromatic rings. The minimum atomic E-state index is -3.63. The van der Waals surface area contributed by atoms with Gasteiger partial charge < -0.3 is 36.2 Å². The molecule has 0 saturated heterocycles. The van der Waals surface area contributed by atoms with Crippen LogP contribution in [0.15, 0.2) is 78.2 Å². The molecule has 17 heteroatoms. The van der Waals surface area contributed by atoms with E-state index in [-0.39, 0.29) is 13.0 Å². The van der Waals surface area contributed by atoms with Crippen LogP contribution in [0.1, 0.15) is 24.1 Å². The first-order valence-corrected chi connectivity index (χ1v) is 16.6. The largest absolute Gasteiger partial charge is 0.481 e. The van der Waals surface area contributed by atoms with Crippen LogP contribution < -0.4 is 21.3 Å². The molecule has 0 spiro atoms. The Morgan fingerprint density at radius 3 is 2.16 bits per heavy atom. The number of hydrogen-bond acceptors (Lipinski definition) is 10. The lowest BCUT2D eigenvalue weighted by molar-refractivity contribution is -0.140. The third-order valence-corrected chi connectivity index (χ3v) is 7.28. The number of carboxylic acid groups (broad SMARTS) is 2. The number of sulfone groups is 1. The van der Waals surface area contributed by atoms with Crippen LogP contribution in [0.2, 0.25) is 0 Å². The third kappa shape index (κ3) is 13.8. The number of fused-ring (bicyclic) bond motifs is 1. The van der Waals surface area contributed by atoms with E-state index in [1.54, 1.807) is 54.6 Å². The van der Waals surface area contributed by atoms with Crippen molar-refractivity contribution in [3.63, 3.8) is 0 Å². The van der Waals surface area contributed by atoms with Gasteiger partial charge in [0.1, 0.15) is 18.7 Å². The first-order valence-electron chi connectivity index (χ1n) is 14.7. The predicted octanol–water partition coefficient (Wildman–Crippen LogP) is 0.666. The summed E-state index contributed by atoms with van der Waals surface area (Å²) < 4.78 is 28.0.